The Morgan fingerprint density at radius 1 is 1.17 bits per heavy atom. The predicted octanol–water partition coefficient (Wildman–Crippen LogP) is 1.44. The van der Waals surface area contributed by atoms with Crippen molar-refractivity contribution in [1.82, 2.24) is 9.55 Å². The van der Waals surface area contributed by atoms with Crippen LogP contribution < -0.4 is 26.6 Å². The van der Waals surface area contributed by atoms with Crippen LogP contribution in [0.5, 0.6) is 5.75 Å². The van der Waals surface area contributed by atoms with Crippen LogP contribution >= 0.6 is 0 Å². The first-order valence-electron chi connectivity index (χ1n) is 9.05. The maximum absolute atomic E-state index is 12.4. The fraction of sp³-hybridized carbons (Fsp3) is 0.200. The van der Waals surface area contributed by atoms with Gasteiger partial charge in [-0.05, 0) is 37.3 Å². The Bertz CT molecular complexity index is 1240. The summed E-state index contributed by atoms with van der Waals surface area (Å²) < 4.78 is 6.84. The number of aromatic amines is 1. The minimum Gasteiger partial charge on any atom is -0.479 e. The van der Waals surface area contributed by atoms with Gasteiger partial charge < -0.3 is 15.4 Å². The van der Waals surface area contributed by atoms with E-state index in [4.69, 9.17) is 4.74 Å². The second-order valence-corrected chi connectivity index (χ2v) is 6.69. The van der Waals surface area contributed by atoms with Crippen molar-refractivity contribution in [2.45, 2.75) is 26.0 Å². The lowest BCUT2D eigenvalue weighted by Crippen LogP contribution is -2.34. The molecule has 0 saturated carbocycles. The molecule has 0 aliphatic carbocycles. The van der Waals surface area contributed by atoms with Gasteiger partial charge in [-0.1, -0.05) is 12.1 Å². The van der Waals surface area contributed by atoms with Crippen LogP contribution in [0.2, 0.25) is 0 Å². The van der Waals surface area contributed by atoms with Crippen molar-refractivity contribution in [3.8, 4) is 5.75 Å². The normalized spacial score (nSPS) is 15.3. The zero-order chi connectivity index (χ0) is 20.5. The Morgan fingerprint density at radius 3 is 2.79 bits per heavy atom. The number of aryl methyl sites for hydroxylation is 1. The summed E-state index contributed by atoms with van der Waals surface area (Å²) in [7, 11) is 0. The van der Waals surface area contributed by atoms with Gasteiger partial charge in [-0.2, -0.15) is 0 Å². The number of H-pyrrole nitrogens is 1. The number of fused-ring (bicyclic) bond motifs is 2. The number of para-hydroxylation sites is 1. The summed E-state index contributed by atoms with van der Waals surface area (Å²) in [5, 5.41) is 5.84. The number of benzene rings is 2. The van der Waals surface area contributed by atoms with E-state index >= 15 is 0 Å². The highest BCUT2D eigenvalue weighted by molar-refractivity contribution is 5.99. The van der Waals surface area contributed by atoms with Gasteiger partial charge in [-0.3, -0.25) is 23.9 Å². The molecule has 4 rings (SSSR count). The Labute approximate surface area is 164 Å². The number of carbonyl (C=O) groups excluding carboxylic acids is 2. The van der Waals surface area contributed by atoms with Gasteiger partial charge in [0.05, 0.1) is 16.6 Å². The summed E-state index contributed by atoms with van der Waals surface area (Å²) in [5.74, 6) is -0.0461. The topological polar surface area (TPSA) is 122 Å². The van der Waals surface area contributed by atoms with Crippen LogP contribution in [0.4, 0.5) is 11.4 Å². The van der Waals surface area contributed by atoms with Gasteiger partial charge in [0.1, 0.15) is 5.75 Å². The second-order valence-electron chi connectivity index (χ2n) is 6.69. The third-order valence-corrected chi connectivity index (χ3v) is 4.66. The van der Waals surface area contributed by atoms with E-state index in [9.17, 15) is 19.2 Å². The number of nitrogens with zero attached hydrogens (tertiary/aromatic N) is 1. The minimum atomic E-state index is -0.576. The summed E-state index contributed by atoms with van der Waals surface area (Å²) >= 11 is 0. The highest BCUT2D eigenvalue weighted by Gasteiger charge is 2.23. The molecular weight excluding hydrogens is 376 g/mol. The number of ether oxygens (including phenoxy) is 1. The third-order valence-electron chi connectivity index (χ3n) is 4.66. The largest absolute Gasteiger partial charge is 0.479 e. The van der Waals surface area contributed by atoms with Crippen LogP contribution in [-0.2, 0) is 16.1 Å². The van der Waals surface area contributed by atoms with Crippen LogP contribution in [0.15, 0.2) is 52.1 Å². The Kier molecular flexibility index (Phi) is 4.63. The molecule has 1 atom stereocenters. The van der Waals surface area contributed by atoms with Gasteiger partial charge >= 0.3 is 5.69 Å². The zero-order valence-corrected chi connectivity index (χ0v) is 15.5. The fourth-order valence-electron chi connectivity index (χ4n) is 3.19. The van der Waals surface area contributed by atoms with Crippen molar-refractivity contribution in [2.75, 3.05) is 10.6 Å². The van der Waals surface area contributed by atoms with Crippen molar-refractivity contribution in [3.05, 3.63) is 63.3 Å². The van der Waals surface area contributed by atoms with Gasteiger partial charge in [0.2, 0.25) is 5.91 Å². The molecule has 9 heteroatoms. The number of aromatic nitrogens is 2. The minimum absolute atomic E-state index is 0.0208. The van der Waals surface area contributed by atoms with Crippen molar-refractivity contribution in [2.24, 2.45) is 0 Å². The highest BCUT2D eigenvalue weighted by atomic mass is 16.5. The lowest BCUT2D eigenvalue weighted by Gasteiger charge is -2.23. The lowest BCUT2D eigenvalue weighted by atomic mass is 10.2. The summed E-state index contributed by atoms with van der Waals surface area (Å²) in [6.07, 6.45) is -0.555. The number of amides is 2. The van der Waals surface area contributed by atoms with Crippen molar-refractivity contribution in [1.29, 1.82) is 0 Å². The average Bonchev–Trinajstić information content (AvgIpc) is 2.69. The van der Waals surface area contributed by atoms with Gasteiger partial charge in [0.15, 0.2) is 6.10 Å². The monoisotopic (exact) mass is 394 g/mol. The first kappa shape index (κ1) is 18.5. The van der Waals surface area contributed by atoms with Gasteiger partial charge in [-0.25, -0.2) is 4.79 Å². The molecule has 2 amide bonds. The molecule has 1 aliphatic heterocycles. The number of carbonyl (C=O) groups is 2. The maximum Gasteiger partial charge on any atom is 0.328 e. The summed E-state index contributed by atoms with van der Waals surface area (Å²) in [6.45, 7) is 1.75. The van der Waals surface area contributed by atoms with E-state index in [0.29, 0.717) is 28.0 Å². The number of hydrogen-bond acceptors (Lipinski definition) is 5. The molecule has 1 aromatic heterocycles. The van der Waals surface area contributed by atoms with Gasteiger partial charge in [0.25, 0.3) is 11.5 Å². The highest BCUT2D eigenvalue weighted by Crippen LogP contribution is 2.32. The smallest absolute Gasteiger partial charge is 0.328 e. The molecule has 0 saturated heterocycles. The second kappa shape index (κ2) is 7.27. The molecule has 3 aromatic rings. The van der Waals surface area contributed by atoms with Crippen LogP contribution in [0.25, 0.3) is 10.9 Å². The number of hydrogen-bond donors (Lipinski definition) is 3. The molecule has 0 radical (unpaired) electrons. The molecule has 2 aromatic carbocycles. The van der Waals surface area contributed by atoms with E-state index in [0.717, 1.165) is 0 Å². The molecule has 0 spiro atoms. The van der Waals surface area contributed by atoms with Crippen LogP contribution in [0.3, 0.4) is 0 Å². The quantitative estimate of drug-likeness (QED) is 0.618. The Morgan fingerprint density at radius 2 is 1.97 bits per heavy atom. The molecule has 148 valence electrons. The maximum atomic E-state index is 12.4. The van der Waals surface area contributed by atoms with Crippen molar-refractivity contribution in [3.63, 3.8) is 0 Å². The van der Waals surface area contributed by atoms with Crippen molar-refractivity contribution >= 4 is 34.1 Å². The standard InChI is InChI=1S/C20H18N4O5/c1-11-18(26)22-14-10-12(6-7-16(14)29-11)21-17(25)8-9-24-15-5-3-2-4-13(15)19(27)23-20(24)28/h2-7,10-11H,8-9H2,1H3,(H,21,25)(H,22,26)(H,23,27,28)/t11-/m0/s1. The first-order chi connectivity index (χ1) is 13.9. The SMILES string of the molecule is C[C@@H]1Oc2ccc(NC(=O)CCn3c(=O)[nH]c(=O)c4ccccc43)cc2NC1=O. The molecule has 0 fully saturated rings. The first-order valence-corrected chi connectivity index (χ1v) is 9.05. The third kappa shape index (κ3) is 3.62. The van der Waals surface area contributed by atoms with E-state index in [1.165, 1.54) is 4.57 Å². The molecule has 9 nitrogen and oxygen atoms in total. The molecule has 3 N–H and O–H groups in total. The van der Waals surface area contributed by atoms with E-state index in [2.05, 4.69) is 15.6 Å². The molecular formula is C20H18N4O5. The summed E-state index contributed by atoms with van der Waals surface area (Å²) in [4.78, 5) is 50.4. The number of rotatable bonds is 4. The van der Waals surface area contributed by atoms with Gasteiger partial charge in [-0.15, -0.1) is 0 Å². The van der Waals surface area contributed by atoms with Crippen LogP contribution in [0.1, 0.15) is 13.3 Å². The van der Waals surface area contributed by atoms with E-state index in [1.54, 1.807) is 49.4 Å². The average molecular weight is 394 g/mol. The van der Waals surface area contributed by atoms with E-state index in [-0.39, 0.29) is 24.8 Å². The van der Waals surface area contributed by atoms with Gasteiger partial charge in [0, 0.05) is 18.7 Å². The predicted molar refractivity (Wildman–Crippen MR) is 107 cm³/mol. The summed E-state index contributed by atoms with van der Waals surface area (Å²) in [5.41, 5.74) is 0.416. The molecule has 0 unspecified atom stereocenters. The Balaban J connectivity index is 1.49. The van der Waals surface area contributed by atoms with Crippen LogP contribution in [0, 0.1) is 0 Å². The molecule has 2 heterocycles. The molecule has 29 heavy (non-hydrogen) atoms. The molecule has 0 bridgehead atoms. The van der Waals surface area contributed by atoms with Crippen LogP contribution in [-0.4, -0.2) is 27.5 Å². The number of anilines is 2. The number of nitrogens with one attached hydrogen (secondary N) is 3. The Hall–Kier alpha value is -3.88. The summed E-state index contributed by atoms with van der Waals surface area (Å²) in [6, 6.07) is 11.7. The van der Waals surface area contributed by atoms with E-state index in [1.807, 2.05) is 0 Å². The van der Waals surface area contributed by atoms with E-state index < -0.39 is 17.4 Å². The molecule has 1 aliphatic rings. The zero-order valence-electron chi connectivity index (χ0n) is 15.5. The van der Waals surface area contributed by atoms with Crippen molar-refractivity contribution < 1.29 is 14.3 Å². The lowest BCUT2D eigenvalue weighted by molar-refractivity contribution is -0.122. The fourth-order valence-corrected chi connectivity index (χ4v) is 3.19.